The second kappa shape index (κ2) is 8.46. The van der Waals surface area contributed by atoms with Crippen LogP contribution < -0.4 is 5.73 Å². The quantitative estimate of drug-likeness (QED) is 0.498. The lowest BCUT2D eigenvalue weighted by molar-refractivity contribution is -0.146. The Morgan fingerprint density at radius 3 is 2.20 bits per heavy atom. The standard InChI is InChI=1S/C20H18N2O3/c1-14(22)18(12-21)19(23)13-25-20(24)11-15-7-9-17(10-8-15)16-5-3-2-4-6-16/h2-10H,11,13,22H2,1H3. The molecule has 0 bridgehead atoms. The van der Waals surface area contributed by atoms with Gasteiger partial charge in [-0.3, -0.25) is 9.59 Å². The Morgan fingerprint density at radius 2 is 1.64 bits per heavy atom. The molecule has 2 N–H and O–H groups in total. The summed E-state index contributed by atoms with van der Waals surface area (Å²) in [4.78, 5) is 23.6. The molecule has 5 heteroatoms. The summed E-state index contributed by atoms with van der Waals surface area (Å²) >= 11 is 0. The van der Waals surface area contributed by atoms with E-state index in [1.807, 2.05) is 54.6 Å². The van der Waals surface area contributed by atoms with Crippen molar-refractivity contribution in [3.05, 3.63) is 71.4 Å². The van der Waals surface area contributed by atoms with E-state index in [0.29, 0.717) is 0 Å². The first kappa shape index (κ1) is 18.0. The van der Waals surface area contributed by atoms with Crippen LogP contribution in [-0.4, -0.2) is 18.4 Å². The molecule has 2 aromatic rings. The zero-order valence-corrected chi connectivity index (χ0v) is 13.9. The monoisotopic (exact) mass is 334 g/mol. The molecule has 0 radical (unpaired) electrons. The summed E-state index contributed by atoms with van der Waals surface area (Å²) in [5.41, 5.74) is 8.29. The molecule has 0 aliphatic heterocycles. The highest BCUT2D eigenvalue weighted by molar-refractivity contribution is 6.01. The van der Waals surface area contributed by atoms with Gasteiger partial charge in [-0.25, -0.2) is 0 Å². The number of nitrogens with two attached hydrogens (primary N) is 1. The summed E-state index contributed by atoms with van der Waals surface area (Å²) < 4.78 is 4.93. The Bertz CT molecular complexity index is 827. The molecule has 0 atom stereocenters. The van der Waals surface area contributed by atoms with Gasteiger partial charge in [-0.1, -0.05) is 54.6 Å². The van der Waals surface area contributed by atoms with E-state index in [2.05, 4.69) is 0 Å². The summed E-state index contributed by atoms with van der Waals surface area (Å²) in [5.74, 6) is -1.14. The van der Waals surface area contributed by atoms with E-state index in [-0.39, 0.29) is 17.7 Å². The third-order valence-corrected chi connectivity index (χ3v) is 3.56. The molecule has 5 nitrogen and oxygen atoms in total. The third-order valence-electron chi connectivity index (χ3n) is 3.56. The Hall–Kier alpha value is -3.39. The molecule has 0 saturated carbocycles. The van der Waals surface area contributed by atoms with Gasteiger partial charge in [0.25, 0.3) is 0 Å². The van der Waals surface area contributed by atoms with Crippen molar-refractivity contribution >= 4 is 11.8 Å². The lowest BCUT2D eigenvalue weighted by Gasteiger charge is -2.06. The van der Waals surface area contributed by atoms with Gasteiger partial charge < -0.3 is 10.5 Å². The molecule has 0 aromatic heterocycles. The van der Waals surface area contributed by atoms with Crippen LogP contribution >= 0.6 is 0 Å². The number of nitrogens with zero attached hydrogens (tertiary/aromatic N) is 1. The molecule has 0 aliphatic rings. The van der Waals surface area contributed by atoms with E-state index >= 15 is 0 Å². The number of ether oxygens (including phenoxy) is 1. The van der Waals surface area contributed by atoms with Crippen LogP contribution in [0.2, 0.25) is 0 Å². The highest BCUT2D eigenvalue weighted by Crippen LogP contribution is 2.19. The van der Waals surface area contributed by atoms with E-state index in [9.17, 15) is 9.59 Å². The van der Waals surface area contributed by atoms with Gasteiger partial charge in [-0.05, 0) is 23.6 Å². The number of hydrogen-bond acceptors (Lipinski definition) is 5. The van der Waals surface area contributed by atoms with E-state index in [0.717, 1.165) is 16.7 Å². The molecule has 0 saturated heterocycles. The average Bonchev–Trinajstić information content (AvgIpc) is 2.61. The van der Waals surface area contributed by atoms with Crippen LogP contribution in [0.4, 0.5) is 0 Å². The Morgan fingerprint density at radius 1 is 1.04 bits per heavy atom. The Labute approximate surface area is 146 Å². The van der Waals surface area contributed by atoms with Crippen molar-refractivity contribution in [3.63, 3.8) is 0 Å². The number of hydrogen-bond donors (Lipinski definition) is 1. The fraction of sp³-hybridized carbons (Fsp3) is 0.150. The highest BCUT2D eigenvalue weighted by Gasteiger charge is 2.14. The number of ketones is 1. The zero-order chi connectivity index (χ0) is 18.2. The number of esters is 1. The molecule has 0 fully saturated rings. The number of rotatable bonds is 6. The number of carbonyl (C=O) groups excluding carboxylic acids is 2. The Balaban J connectivity index is 1.92. The molecule has 126 valence electrons. The minimum absolute atomic E-state index is 0.0511. The minimum atomic E-state index is -0.602. The molecular formula is C20H18N2O3. The van der Waals surface area contributed by atoms with Gasteiger partial charge in [0.05, 0.1) is 6.42 Å². The second-order valence-electron chi connectivity index (χ2n) is 5.49. The van der Waals surface area contributed by atoms with Crippen LogP contribution in [-0.2, 0) is 20.7 Å². The maximum atomic E-state index is 11.8. The normalized spacial score (nSPS) is 11.2. The van der Waals surface area contributed by atoms with Gasteiger partial charge in [0, 0.05) is 5.70 Å². The van der Waals surface area contributed by atoms with E-state index in [1.54, 1.807) is 6.07 Å². The fourth-order valence-electron chi connectivity index (χ4n) is 2.25. The molecule has 0 aliphatic carbocycles. The highest BCUT2D eigenvalue weighted by atomic mass is 16.5. The first-order valence-corrected chi connectivity index (χ1v) is 7.71. The molecule has 2 rings (SSSR count). The van der Waals surface area contributed by atoms with Gasteiger partial charge in [-0.15, -0.1) is 0 Å². The largest absolute Gasteiger partial charge is 0.457 e. The third kappa shape index (κ3) is 5.05. The topological polar surface area (TPSA) is 93.2 Å². The van der Waals surface area contributed by atoms with Crippen LogP contribution in [0.3, 0.4) is 0 Å². The van der Waals surface area contributed by atoms with Crippen molar-refractivity contribution in [3.8, 4) is 17.2 Å². The summed E-state index contributed by atoms with van der Waals surface area (Å²) in [6.45, 7) is 0.963. The van der Waals surface area contributed by atoms with Crippen LogP contribution in [0, 0.1) is 11.3 Å². The molecule has 0 amide bonds. The fourth-order valence-corrected chi connectivity index (χ4v) is 2.25. The van der Waals surface area contributed by atoms with Gasteiger partial charge in [0.2, 0.25) is 5.78 Å². The van der Waals surface area contributed by atoms with E-state index in [4.69, 9.17) is 15.7 Å². The minimum Gasteiger partial charge on any atom is -0.457 e. The summed E-state index contributed by atoms with van der Waals surface area (Å²) in [7, 11) is 0. The molecule has 0 heterocycles. The van der Waals surface area contributed by atoms with Crippen molar-refractivity contribution < 1.29 is 14.3 Å². The van der Waals surface area contributed by atoms with Gasteiger partial charge in [-0.2, -0.15) is 5.26 Å². The summed E-state index contributed by atoms with van der Waals surface area (Å²) in [6.07, 6.45) is 0.0511. The lowest BCUT2D eigenvalue weighted by atomic mass is 10.0. The van der Waals surface area contributed by atoms with Crippen molar-refractivity contribution in [1.29, 1.82) is 5.26 Å². The van der Waals surface area contributed by atoms with Crippen LogP contribution in [0.5, 0.6) is 0 Å². The average molecular weight is 334 g/mol. The van der Waals surface area contributed by atoms with Gasteiger partial charge in [0.1, 0.15) is 11.6 Å². The maximum Gasteiger partial charge on any atom is 0.310 e. The number of Topliss-reactive ketones (excluding diaryl/α,β-unsaturated/α-hetero) is 1. The first-order valence-electron chi connectivity index (χ1n) is 7.71. The first-order chi connectivity index (χ1) is 12.0. The van der Waals surface area contributed by atoms with Crippen molar-refractivity contribution in [1.82, 2.24) is 0 Å². The number of nitriles is 1. The number of benzene rings is 2. The second-order valence-corrected chi connectivity index (χ2v) is 5.49. The lowest BCUT2D eigenvalue weighted by Crippen LogP contribution is -2.18. The van der Waals surface area contributed by atoms with Gasteiger partial charge >= 0.3 is 5.97 Å². The van der Waals surface area contributed by atoms with E-state index in [1.165, 1.54) is 6.92 Å². The summed E-state index contributed by atoms with van der Waals surface area (Å²) in [6, 6.07) is 19.1. The molecular weight excluding hydrogens is 316 g/mol. The SMILES string of the molecule is CC(N)=C(C#N)C(=O)COC(=O)Cc1ccc(-c2ccccc2)cc1. The van der Waals surface area contributed by atoms with Crippen molar-refractivity contribution in [2.75, 3.05) is 6.61 Å². The predicted octanol–water partition coefficient (Wildman–Crippen LogP) is 2.76. The van der Waals surface area contributed by atoms with Gasteiger partial charge in [0.15, 0.2) is 6.61 Å². The van der Waals surface area contributed by atoms with Crippen LogP contribution in [0.15, 0.2) is 65.9 Å². The van der Waals surface area contributed by atoms with Crippen LogP contribution in [0.1, 0.15) is 12.5 Å². The number of carbonyl (C=O) groups is 2. The Kier molecular flexibility index (Phi) is 6.08. The predicted molar refractivity (Wildman–Crippen MR) is 94.0 cm³/mol. The summed E-state index contributed by atoms with van der Waals surface area (Å²) in [5, 5.41) is 8.84. The molecule has 25 heavy (non-hydrogen) atoms. The van der Waals surface area contributed by atoms with Crippen LogP contribution in [0.25, 0.3) is 11.1 Å². The van der Waals surface area contributed by atoms with E-state index < -0.39 is 18.4 Å². The molecule has 0 unspecified atom stereocenters. The zero-order valence-electron chi connectivity index (χ0n) is 13.9. The smallest absolute Gasteiger partial charge is 0.310 e. The van der Waals surface area contributed by atoms with Crippen molar-refractivity contribution in [2.24, 2.45) is 5.73 Å². The molecule has 2 aromatic carbocycles. The number of allylic oxidation sites excluding steroid dienone is 1. The van der Waals surface area contributed by atoms with Crippen molar-refractivity contribution in [2.45, 2.75) is 13.3 Å². The maximum absolute atomic E-state index is 11.8. The molecule has 0 spiro atoms.